The Bertz CT molecular complexity index is 539. The molecule has 1 N–H and O–H groups in total. The predicted octanol–water partition coefficient (Wildman–Crippen LogP) is 2.43. The molecule has 0 radical (unpaired) electrons. The fraction of sp³-hybridized carbons (Fsp3) is 0.400. The zero-order valence-corrected chi connectivity index (χ0v) is 12.2. The lowest BCUT2D eigenvalue weighted by molar-refractivity contribution is 0.414. The number of aromatic nitrogens is 1. The van der Waals surface area contributed by atoms with Gasteiger partial charge >= 0.3 is 0 Å². The van der Waals surface area contributed by atoms with Gasteiger partial charge in [0, 0.05) is 20.1 Å². The van der Waals surface area contributed by atoms with Crippen molar-refractivity contribution in [1.29, 1.82) is 0 Å². The lowest BCUT2D eigenvalue weighted by atomic mass is 10.2. The molecular formula is C15H21N3O2. The first-order valence-corrected chi connectivity index (χ1v) is 6.72. The zero-order chi connectivity index (χ0) is 14.4. The van der Waals surface area contributed by atoms with E-state index in [4.69, 9.17) is 9.15 Å². The monoisotopic (exact) mass is 275 g/mol. The quantitative estimate of drug-likeness (QED) is 0.841. The van der Waals surface area contributed by atoms with Gasteiger partial charge in [-0.3, -0.25) is 0 Å². The van der Waals surface area contributed by atoms with E-state index >= 15 is 0 Å². The molecule has 1 aromatic heterocycles. The number of hydrogen-bond acceptors (Lipinski definition) is 5. The highest BCUT2D eigenvalue weighted by atomic mass is 16.5. The molecule has 0 atom stereocenters. The van der Waals surface area contributed by atoms with Crippen LogP contribution in [-0.2, 0) is 13.1 Å². The summed E-state index contributed by atoms with van der Waals surface area (Å²) >= 11 is 0. The summed E-state index contributed by atoms with van der Waals surface area (Å²) in [5, 5.41) is 3.22. The van der Waals surface area contributed by atoms with Crippen LogP contribution in [0.15, 0.2) is 34.9 Å². The van der Waals surface area contributed by atoms with Crippen LogP contribution in [0.4, 0.5) is 6.01 Å². The molecule has 0 fully saturated rings. The maximum Gasteiger partial charge on any atom is 0.297 e. The number of methoxy groups -OCH3 is 1. The second kappa shape index (κ2) is 6.96. The minimum atomic E-state index is 0.626. The van der Waals surface area contributed by atoms with Crippen LogP contribution < -0.4 is 15.0 Å². The lowest BCUT2D eigenvalue weighted by Crippen LogP contribution is -2.17. The number of ether oxygens (including phenoxy) is 1. The SMILES string of the molecule is CCNCc1coc(N(C)Cc2cccc(OC)c2)n1. The van der Waals surface area contributed by atoms with E-state index in [1.807, 2.05) is 30.1 Å². The minimum absolute atomic E-state index is 0.626. The molecular weight excluding hydrogens is 254 g/mol. The van der Waals surface area contributed by atoms with Gasteiger partial charge in [-0.25, -0.2) is 0 Å². The van der Waals surface area contributed by atoms with Crippen LogP contribution in [0.1, 0.15) is 18.2 Å². The number of benzene rings is 1. The van der Waals surface area contributed by atoms with Crippen LogP contribution in [0.25, 0.3) is 0 Å². The standard InChI is InChI=1S/C15H21N3O2/c1-4-16-9-13-11-20-15(17-13)18(2)10-12-6-5-7-14(8-12)19-3/h5-8,11,16H,4,9-10H2,1-3H3. The van der Waals surface area contributed by atoms with Crippen molar-refractivity contribution in [2.24, 2.45) is 0 Å². The van der Waals surface area contributed by atoms with Crippen molar-refractivity contribution in [3.05, 3.63) is 41.8 Å². The molecule has 0 saturated heterocycles. The molecule has 2 aromatic rings. The summed E-state index contributed by atoms with van der Waals surface area (Å²) in [7, 11) is 3.63. The maximum absolute atomic E-state index is 5.50. The molecule has 108 valence electrons. The van der Waals surface area contributed by atoms with Gasteiger partial charge in [0.2, 0.25) is 0 Å². The van der Waals surface area contributed by atoms with Crippen molar-refractivity contribution in [3.8, 4) is 5.75 Å². The Morgan fingerprint density at radius 2 is 2.25 bits per heavy atom. The van der Waals surface area contributed by atoms with Crippen molar-refractivity contribution in [2.45, 2.75) is 20.0 Å². The van der Waals surface area contributed by atoms with Gasteiger partial charge in [0.15, 0.2) is 0 Å². The van der Waals surface area contributed by atoms with Crippen molar-refractivity contribution < 1.29 is 9.15 Å². The first-order valence-electron chi connectivity index (χ1n) is 6.72. The molecule has 1 aromatic carbocycles. The van der Waals surface area contributed by atoms with Crippen molar-refractivity contribution in [2.75, 3.05) is 25.6 Å². The maximum atomic E-state index is 5.50. The van der Waals surface area contributed by atoms with E-state index in [-0.39, 0.29) is 0 Å². The van der Waals surface area contributed by atoms with Gasteiger partial charge < -0.3 is 19.4 Å². The fourth-order valence-corrected chi connectivity index (χ4v) is 1.92. The molecule has 0 saturated carbocycles. The van der Waals surface area contributed by atoms with E-state index < -0.39 is 0 Å². The summed E-state index contributed by atoms with van der Waals surface area (Å²) in [6.07, 6.45) is 1.69. The largest absolute Gasteiger partial charge is 0.497 e. The minimum Gasteiger partial charge on any atom is -0.497 e. The van der Waals surface area contributed by atoms with Crippen LogP contribution in [0.2, 0.25) is 0 Å². The second-order valence-corrected chi connectivity index (χ2v) is 4.61. The van der Waals surface area contributed by atoms with Crippen LogP contribution in [0.5, 0.6) is 5.75 Å². The molecule has 2 rings (SSSR count). The number of oxazole rings is 1. The average Bonchev–Trinajstić information content (AvgIpc) is 2.94. The molecule has 5 nitrogen and oxygen atoms in total. The number of nitrogens with one attached hydrogen (secondary N) is 1. The number of anilines is 1. The molecule has 0 aliphatic carbocycles. The molecule has 1 heterocycles. The molecule has 0 aliphatic heterocycles. The Morgan fingerprint density at radius 1 is 1.40 bits per heavy atom. The third-order valence-electron chi connectivity index (χ3n) is 2.98. The Morgan fingerprint density at radius 3 is 3.00 bits per heavy atom. The van der Waals surface area contributed by atoms with E-state index in [0.717, 1.165) is 36.6 Å². The van der Waals surface area contributed by atoms with Crippen LogP contribution in [-0.4, -0.2) is 25.7 Å². The fourth-order valence-electron chi connectivity index (χ4n) is 1.92. The third-order valence-corrected chi connectivity index (χ3v) is 2.98. The lowest BCUT2D eigenvalue weighted by Gasteiger charge is -2.14. The Labute approximate surface area is 119 Å². The number of hydrogen-bond donors (Lipinski definition) is 1. The van der Waals surface area contributed by atoms with Crippen molar-refractivity contribution >= 4 is 6.01 Å². The van der Waals surface area contributed by atoms with Crippen molar-refractivity contribution in [1.82, 2.24) is 10.3 Å². The normalized spacial score (nSPS) is 10.6. The van der Waals surface area contributed by atoms with E-state index in [0.29, 0.717) is 6.01 Å². The molecule has 0 spiro atoms. The van der Waals surface area contributed by atoms with Gasteiger partial charge in [0.25, 0.3) is 6.01 Å². The van der Waals surface area contributed by atoms with E-state index in [1.165, 1.54) is 0 Å². The summed E-state index contributed by atoms with van der Waals surface area (Å²) < 4.78 is 10.7. The summed E-state index contributed by atoms with van der Waals surface area (Å²) in [4.78, 5) is 6.43. The Kier molecular flexibility index (Phi) is 5.01. The van der Waals surface area contributed by atoms with Gasteiger partial charge in [0.05, 0.1) is 12.8 Å². The Balaban J connectivity index is 1.99. The smallest absolute Gasteiger partial charge is 0.297 e. The first-order chi connectivity index (χ1) is 9.72. The van der Waals surface area contributed by atoms with Crippen LogP contribution >= 0.6 is 0 Å². The highest BCUT2D eigenvalue weighted by Crippen LogP contribution is 2.18. The zero-order valence-electron chi connectivity index (χ0n) is 12.2. The molecule has 0 aliphatic rings. The van der Waals surface area contributed by atoms with Crippen molar-refractivity contribution in [3.63, 3.8) is 0 Å². The molecule has 0 bridgehead atoms. The molecule has 0 unspecified atom stereocenters. The van der Waals surface area contributed by atoms with Gasteiger partial charge in [-0.2, -0.15) is 4.98 Å². The number of nitrogens with zero attached hydrogens (tertiary/aromatic N) is 2. The van der Waals surface area contributed by atoms with E-state index in [9.17, 15) is 0 Å². The van der Waals surface area contributed by atoms with Gasteiger partial charge in [-0.05, 0) is 24.2 Å². The second-order valence-electron chi connectivity index (χ2n) is 4.61. The molecule has 5 heteroatoms. The van der Waals surface area contributed by atoms with Crippen LogP contribution in [0, 0.1) is 0 Å². The molecule has 0 amide bonds. The Hall–Kier alpha value is -2.01. The van der Waals surface area contributed by atoms with E-state index in [1.54, 1.807) is 13.4 Å². The van der Waals surface area contributed by atoms with Gasteiger partial charge in [-0.1, -0.05) is 19.1 Å². The topological polar surface area (TPSA) is 50.5 Å². The highest BCUT2D eigenvalue weighted by molar-refractivity contribution is 5.33. The third kappa shape index (κ3) is 3.74. The van der Waals surface area contributed by atoms with Gasteiger partial charge in [0.1, 0.15) is 12.0 Å². The highest BCUT2D eigenvalue weighted by Gasteiger charge is 2.09. The number of rotatable bonds is 7. The summed E-state index contributed by atoms with van der Waals surface area (Å²) in [6.45, 7) is 4.43. The van der Waals surface area contributed by atoms with Crippen LogP contribution in [0.3, 0.4) is 0 Å². The van der Waals surface area contributed by atoms with E-state index in [2.05, 4.69) is 23.3 Å². The summed E-state index contributed by atoms with van der Waals surface area (Å²) in [5.41, 5.74) is 2.07. The van der Waals surface area contributed by atoms with Gasteiger partial charge in [-0.15, -0.1) is 0 Å². The summed E-state index contributed by atoms with van der Waals surface area (Å²) in [5.74, 6) is 0.858. The summed E-state index contributed by atoms with van der Waals surface area (Å²) in [6, 6.07) is 8.61. The predicted molar refractivity (Wildman–Crippen MR) is 79.0 cm³/mol. The first kappa shape index (κ1) is 14.4. The average molecular weight is 275 g/mol. The molecule has 20 heavy (non-hydrogen) atoms.